The van der Waals surface area contributed by atoms with Gasteiger partial charge in [-0.25, -0.2) is 0 Å². The Kier molecular flexibility index (Phi) is 4.42. The lowest BCUT2D eigenvalue weighted by atomic mass is 9.68. The maximum atomic E-state index is 13.2. The van der Waals surface area contributed by atoms with Crippen LogP contribution in [0.5, 0.6) is 0 Å². The highest BCUT2D eigenvalue weighted by Gasteiger charge is 2.42. The smallest absolute Gasteiger partial charge is 0.381 e. The normalized spacial score (nSPS) is 29.7. The highest BCUT2D eigenvalue weighted by Crippen LogP contribution is 2.47. The van der Waals surface area contributed by atoms with E-state index in [1.807, 2.05) is 4.90 Å². The van der Waals surface area contributed by atoms with Gasteiger partial charge in [0.2, 0.25) is 5.91 Å². The molecule has 1 aromatic carbocycles. The number of aromatic nitrogens is 1. The molecule has 3 aliphatic rings. The number of piperidine rings is 1. The summed E-state index contributed by atoms with van der Waals surface area (Å²) in [6, 6.07) is 3.97. The lowest BCUT2D eigenvalue weighted by Crippen LogP contribution is -2.49. The Labute approximate surface area is 167 Å². The number of rotatable bonds is 1. The second-order valence-corrected chi connectivity index (χ2v) is 8.83. The Bertz CT molecular complexity index is 945. The molecule has 7 heteroatoms. The van der Waals surface area contributed by atoms with E-state index in [-0.39, 0.29) is 23.7 Å². The first-order chi connectivity index (χ1) is 13.8. The standard InChI is InChI=1S/C22H25F3N2O2/c1-12-17-10-27(21(28)14-5-7-29-11-14)6-4-13(17)8-19-20(12)16-9-15(22(23,24)25)2-3-18(16)26-19/h2-3,9,12-14,17,26H,4-8,10-11H2,1H3. The minimum absolute atomic E-state index is 0.0385. The molecule has 29 heavy (non-hydrogen) atoms. The summed E-state index contributed by atoms with van der Waals surface area (Å²) in [4.78, 5) is 18.2. The van der Waals surface area contributed by atoms with Gasteiger partial charge in [0.05, 0.1) is 18.1 Å². The van der Waals surface area contributed by atoms with Crippen LogP contribution in [-0.2, 0) is 22.1 Å². The Morgan fingerprint density at radius 3 is 2.83 bits per heavy atom. The highest BCUT2D eigenvalue weighted by atomic mass is 19.4. The number of H-pyrrole nitrogens is 1. The van der Waals surface area contributed by atoms with Crippen molar-refractivity contribution in [2.24, 2.45) is 17.8 Å². The van der Waals surface area contributed by atoms with Crippen molar-refractivity contribution in [3.63, 3.8) is 0 Å². The van der Waals surface area contributed by atoms with Gasteiger partial charge in [-0.05, 0) is 60.8 Å². The van der Waals surface area contributed by atoms with Gasteiger partial charge in [-0.15, -0.1) is 0 Å². The number of hydrogen-bond donors (Lipinski definition) is 1. The van der Waals surface area contributed by atoms with E-state index in [1.54, 1.807) is 6.07 Å². The fourth-order valence-corrected chi connectivity index (χ4v) is 5.64. The molecular weight excluding hydrogens is 381 g/mol. The molecular formula is C22H25F3N2O2. The maximum Gasteiger partial charge on any atom is 0.416 e. The van der Waals surface area contributed by atoms with E-state index in [2.05, 4.69) is 11.9 Å². The van der Waals surface area contributed by atoms with Crippen molar-refractivity contribution in [2.75, 3.05) is 26.3 Å². The summed E-state index contributed by atoms with van der Waals surface area (Å²) in [6.07, 6.45) is -1.78. The molecule has 2 fully saturated rings. The average molecular weight is 406 g/mol. The molecule has 1 aliphatic carbocycles. The number of carbonyl (C=O) groups is 1. The van der Waals surface area contributed by atoms with Crippen molar-refractivity contribution in [3.05, 3.63) is 35.0 Å². The number of likely N-dealkylation sites (tertiary alicyclic amines) is 1. The van der Waals surface area contributed by atoms with Gasteiger partial charge in [-0.3, -0.25) is 4.79 Å². The lowest BCUT2D eigenvalue weighted by Gasteiger charge is -2.45. The van der Waals surface area contributed by atoms with Gasteiger partial charge in [0.1, 0.15) is 0 Å². The van der Waals surface area contributed by atoms with Gasteiger partial charge >= 0.3 is 6.18 Å². The Morgan fingerprint density at radius 2 is 2.10 bits per heavy atom. The van der Waals surface area contributed by atoms with E-state index in [1.165, 1.54) is 6.07 Å². The molecule has 2 saturated heterocycles. The highest BCUT2D eigenvalue weighted by molar-refractivity contribution is 5.86. The quantitative estimate of drug-likeness (QED) is 0.766. The second kappa shape index (κ2) is 6.76. The fourth-order valence-electron chi connectivity index (χ4n) is 5.64. The molecule has 3 heterocycles. The second-order valence-electron chi connectivity index (χ2n) is 8.83. The monoisotopic (exact) mass is 406 g/mol. The third-order valence-corrected chi connectivity index (χ3v) is 7.21. The molecule has 1 aromatic heterocycles. The van der Waals surface area contributed by atoms with Gasteiger partial charge in [0, 0.05) is 36.3 Å². The molecule has 0 bridgehead atoms. The number of alkyl halides is 3. The Balaban J connectivity index is 1.46. The van der Waals surface area contributed by atoms with Crippen LogP contribution in [0.3, 0.4) is 0 Å². The molecule has 0 saturated carbocycles. The number of aromatic amines is 1. The van der Waals surface area contributed by atoms with Crippen molar-refractivity contribution < 1.29 is 22.7 Å². The summed E-state index contributed by atoms with van der Waals surface area (Å²) in [5.74, 6) is 0.977. The Morgan fingerprint density at radius 1 is 1.28 bits per heavy atom. The predicted octanol–water partition coefficient (Wildman–Crippen LogP) is 4.35. The van der Waals surface area contributed by atoms with Gasteiger partial charge in [0.25, 0.3) is 0 Å². The van der Waals surface area contributed by atoms with Crippen LogP contribution in [0.2, 0.25) is 0 Å². The summed E-state index contributed by atoms with van der Waals surface area (Å²) in [6.45, 7) is 4.71. The zero-order valence-electron chi connectivity index (χ0n) is 16.4. The van der Waals surface area contributed by atoms with Crippen molar-refractivity contribution in [1.82, 2.24) is 9.88 Å². The predicted molar refractivity (Wildman–Crippen MR) is 103 cm³/mol. The zero-order chi connectivity index (χ0) is 20.3. The zero-order valence-corrected chi connectivity index (χ0v) is 16.4. The van der Waals surface area contributed by atoms with Crippen molar-refractivity contribution in [2.45, 2.75) is 38.3 Å². The van der Waals surface area contributed by atoms with Crippen LogP contribution in [0.1, 0.15) is 42.5 Å². The van der Waals surface area contributed by atoms with Crippen molar-refractivity contribution >= 4 is 16.8 Å². The topological polar surface area (TPSA) is 45.3 Å². The number of carbonyl (C=O) groups excluding carboxylic acids is 1. The summed E-state index contributed by atoms with van der Waals surface area (Å²) < 4.78 is 45.1. The summed E-state index contributed by atoms with van der Waals surface area (Å²) >= 11 is 0. The van der Waals surface area contributed by atoms with Gasteiger partial charge in [-0.1, -0.05) is 6.92 Å². The molecule has 0 radical (unpaired) electrons. The SMILES string of the molecule is CC1c2c([nH]c3ccc(C(F)(F)F)cc23)CC2CCN(C(=O)C3CCOC3)CC21. The first-order valence-electron chi connectivity index (χ1n) is 10.4. The van der Waals surface area contributed by atoms with Crippen LogP contribution in [0.15, 0.2) is 18.2 Å². The molecule has 2 aliphatic heterocycles. The molecule has 5 rings (SSSR count). The summed E-state index contributed by atoms with van der Waals surface area (Å²) in [5.41, 5.74) is 2.23. The average Bonchev–Trinajstić information content (AvgIpc) is 3.34. The molecule has 1 amide bonds. The largest absolute Gasteiger partial charge is 0.416 e. The van der Waals surface area contributed by atoms with Crippen LogP contribution >= 0.6 is 0 Å². The first kappa shape index (κ1) is 19.0. The summed E-state index contributed by atoms with van der Waals surface area (Å²) in [7, 11) is 0. The summed E-state index contributed by atoms with van der Waals surface area (Å²) in [5, 5.41) is 0.674. The molecule has 4 atom stereocenters. The Hall–Kier alpha value is -2.02. The van der Waals surface area contributed by atoms with Crippen LogP contribution in [0, 0.1) is 17.8 Å². The van der Waals surface area contributed by atoms with E-state index in [9.17, 15) is 18.0 Å². The molecule has 4 unspecified atom stereocenters. The molecule has 1 N–H and O–H groups in total. The maximum absolute atomic E-state index is 13.2. The molecule has 2 aromatic rings. The molecule has 0 spiro atoms. The van der Waals surface area contributed by atoms with Crippen molar-refractivity contribution in [3.8, 4) is 0 Å². The number of amides is 1. The third kappa shape index (κ3) is 3.14. The van der Waals surface area contributed by atoms with Crippen LogP contribution in [0.25, 0.3) is 10.9 Å². The van der Waals surface area contributed by atoms with E-state index in [0.717, 1.165) is 48.6 Å². The number of nitrogens with one attached hydrogen (secondary N) is 1. The minimum atomic E-state index is -4.35. The van der Waals surface area contributed by atoms with E-state index in [0.29, 0.717) is 31.1 Å². The van der Waals surface area contributed by atoms with Gasteiger partial charge in [-0.2, -0.15) is 13.2 Å². The number of ether oxygens (including phenoxy) is 1. The number of fused-ring (bicyclic) bond motifs is 4. The lowest BCUT2D eigenvalue weighted by molar-refractivity contribution is -0.139. The van der Waals surface area contributed by atoms with Gasteiger partial charge in [0.15, 0.2) is 0 Å². The van der Waals surface area contributed by atoms with Crippen LogP contribution < -0.4 is 0 Å². The number of halogens is 3. The first-order valence-corrected chi connectivity index (χ1v) is 10.4. The number of benzene rings is 1. The third-order valence-electron chi connectivity index (χ3n) is 7.21. The van der Waals surface area contributed by atoms with Crippen molar-refractivity contribution in [1.29, 1.82) is 0 Å². The number of hydrogen-bond acceptors (Lipinski definition) is 2. The van der Waals surface area contributed by atoms with E-state index >= 15 is 0 Å². The molecule has 156 valence electrons. The van der Waals surface area contributed by atoms with E-state index < -0.39 is 11.7 Å². The molecule has 4 nitrogen and oxygen atoms in total. The number of nitrogens with zero attached hydrogens (tertiary/aromatic N) is 1. The van der Waals surface area contributed by atoms with Crippen LogP contribution in [0.4, 0.5) is 13.2 Å². The fraction of sp³-hybridized carbons (Fsp3) is 0.591. The minimum Gasteiger partial charge on any atom is -0.381 e. The van der Waals surface area contributed by atoms with E-state index in [4.69, 9.17) is 4.74 Å². The van der Waals surface area contributed by atoms with Crippen LogP contribution in [-0.4, -0.2) is 42.1 Å². The van der Waals surface area contributed by atoms with Gasteiger partial charge < -0.3 is 14.6 Å².